The molecule has 1 aliphatic rings. The lowest BCUT2D eigenvalue weighted by molar-refractivity contribution is 0.453. The fourth-order valence-electron chi connectivity index (χ4n) is 2.37. The Labute approximate surface area is 88.3 Å². The van der Waals surface area contributed by atoms with Crippen molar-refractivity contribution in [1.29, 1.82) is 0 Å². The van der Waals surface area contributed by atoms with E-state index in [4.69, 9.17) is 5.73 Å². The fourth-order valence-corrected chi connectivity index (χ4v) is 2.37. The van der Waals surface area contributed by atoms with Crippen LogP contribution in [0.5, 0.6) is 0 Å². The van der Waals surface area contributed by atoms with Crippen LogP contribution in [0.25, 0.3) is 0 Å². The Kier molecular flexibility index (Phi) is 2.51. The van der Waals surface area contributed by atoms with E-state index < -0.39 is 0 Å². The van der Waals surface area contributed by atoms with Crippen molar-refractivity contribution >= 4 is 0 Å². The second-order valence-electron chi connectivity index (χ2n) is 4.40. The molecule has 0 bridgehead atoms. The van der Waals surface area contributed by atoms with Crippen molar-refractivity contribution in [3.05, 3.63) is 34.4 Å². The number of aryl methyl sites for hydroxylation is 1. The predicted octanol–water partition coefficient (Wildman–Crippen LogP) is 3.17. The third kappa shape index (κ3) is 1.55. The monoisotopic (exact) mass is 211 g/mol. The third-order valence-electron chi connectivity index (χ3n) is 3.25. The zero-order valence-electron chi connectivity index (χ0n) is 8.98. The van der Waals surface area contributed by atoms with Crippen LogP contribution in [0, 0.1) is 18.6 Å². The number of nitrogens with two attached hydrogens (primary N) is 1. The summed E-state index contributed by atoms with van der Waals surface area (Å²) in [5.74, 6) is -0.577. The summed E-state index contributed by atoms with van der Waals surface area (Å²) in [5, 5.41) is 0. The molecule has 3 heteroatoms. The largest absolute Gasteiger partial charge is 0.324 e. The summed E-state index contributed by atoms with van der Waals surface area (Å²) in [5.41, 5.74) is 7.06. The second kappa shape index (κ2) is 3.56. The summed E-state index contributed by atoms with van der Waals surface area (Å²) in [6, 6.07) is 0.911. The molecule has 2 rings (SSSR count). The van der Waals surface area contributed by atoms with Crippen molar-refractivity contribution < 1.29 is 8.78 Å². The number of hydrogen-bond acceptors (Lipinski definition) is 1. The summed E-state index contributed by atoms with van der Waals surface area (Å²) >= 11 is 0. The lowest BCUT2D eigenvalue weighted by Gasteiger charge is -2.28. The quantitative estimate of drug-likeness (QED) is 0.700. The zero-order valence-corrected chi connectivity index (χ0v) is 8.98. The maximum atomic E-state index is 13.8. The lowest BCUT2D eigenvalue weighted by atomic mass is 9.80. The topological polar surface area (TPSA) is 26.0 Å². The number of halogens is 2. The summed E-state index contributed by atoms with van der Waals surface area (Å²) in [6.07, 6.45) is 1.56. The van der Waals surface area contributed by atoms with Gasteiger partial charge in [0.2, 0.25) is 0 Å². The molecule has 1 aromatic rings. The molecular formula is C12H15F2N. The average molecular weight is 211 g/mol. The molecule has 0 fully saturated rings. The molecule has 0 saturated carbocycles. The van der Waals surface area contributed by atoms with E-state index in [1.165, 1.54) is 6.07 Å². The van der Waals surface area contributed by atoms with Crippen LogP contribution in [0.2, 0.25) is 0 Å². The van der Waals surface area contributed by atoms with Crippen LogP contribution in [0.3, 0.4) is 0 Å². The summed E-state index contributed by atoms with van der Waals surface area (Å²) < 4.78 is 27.6. The Balaban J connectivity index is 2.71. The SMILES string of the molecule is Cc1cc(F)c2c(c1F)C(N)CCC2C. The average Bonchev–Trinajstić information content (AvgIpc) is 2.18. The molecule has 2 N–H and O–H groups in total. The molecule has 2 atom stereocenters. The normalized spacial score (nSPS) is 25.1. The van der Waals surface area contributed by atoms with Crippen molar-refractivity contribution in [3.8, 4) is 0 Å². The van der Waals surface area contributed by atoms with Gasteiger partial charge < -0.3 is 5.73 Å². The smallest absolute Gasteiger partial charge is 0.131 e. The number of rotatable bonds is 0. The van der Waals surface area contributed by atoms with E-state index in [0.29, 0.717) is 16.7 Å². The van der Waals surface area contributed by atoms with Gasteiger partial charge in [0, 0.05) is 11.6 Å². The third-order valence-corrected chi connectivity index (χ3v) is 3.25. The van der Waals surface area contributed by atoms with Crippen molar-refractivity contribution in [2.24, 2.45) is 5.73 Å². The van der Waals surface area contributed by atoms with Crippen molar-refractivity contribution in [2.75, 3.05) is 0 Å². The first-order valence-corrected chi connectivity index (χ1v) is 5.26. The first-order valence-electron chi connectivity index (χ1n) is 5.26. The maximum absolute atomic E-state index is 13.8. The van der Waals surface area contributed by atoms with Gasteiger partial charge >= 0.3 is 0 Å². The summed E-state index contributed by atoms with van der Waals surface area (Å²) in [6.45, 7) is 3.49. The molecule has 0 heterocycles. The van der Waals surface area contributed by atoms with Crippen LogP contribution in [0.15, 0.2) is 6.07 Å². The molecule has 1 aromatic carbocycles. The molecule has 0 radical (unpaired) electrons. The minimum atomic E-state index is -0.356. The molecule has 82 valence electrons. The first kappa shape index (κ1) is 10.6. The minimum absolute atomic E-state index is 0.0647. The number of benzene rings is 1. The van der Waals surface area contributed by atoms with Crippen LogP contribution in [-0.2, 0) is 0 Å². The Morgan fingerprint density at radius 1 is 1.27 bits per heavy atom. The van der Waals surface area contributed by atoms with E-state index in [0.717, 1.165) is 12.8 Å². The molecule has 0 saturated heterocycles. The zero-order chi connectivity index (χ0) is 11.2. The molecule has 0 aromatic heterocycles. The van der Waals surface area contributed by atoms with Crippen molar-refractivity contribution in [3.63, 3.8) is 0 Å². The minimum Gasteiger partial charge on any atom is -0.324 e. The van der Waals surface area contributed by atoms with Crippen molar-refractivity contribution in [1.82, 2.24) is 0 Å². The van der Waals surface area contributed by atoms with Gasteiger partial charge in [-0.3, -0.25) is 0 Å². The van der Waals surface area contributed by atoms with E-state index in [1.54, 1.807) is 6.92 Å². The summed E-state index contributed by atoms with van der Waals surface area (Å²) in [4.78, 5) is 0. The number of hydrogen-bond donors (Lipinski definition) is 1. The molecule has 0 spiro atoms. The van der Waals surface area contributed by atoms with E-state index in [2.05, 4.69) is 0 Å². The van der Waals surface area contributed by atoms with Gasteiger partial charge in [-0.2, -0.15) is 0 Å². The van der Waals surface area contributed by atoms with Crippen LogP contribution in [-0.4, -0.2) is 0 Å². The van der Waals surface area contributed by atoms with Crippen LogP contribution >= 0.6 is 0 Å². The Bertz CT molecular complexity index is 401. The molecule has 1 nitrogen and oxygen atoms in total. The highest BCUT2D eigenvalue weighted by Gasteiger charge is 2.29. The van der Waals surface area contributed by atoms with E-state index in [1.807, 2.05) is 6.92 Å². The summed E-state index contributed by atoms with van der Waals surface area (Å²) in [7, 11) is 0. The van der Waals surface area contributed by atoms with Gasteiger partial charge in [-0.1, -0.05) is 6.92 Å². The molecule has 15 heavy (non-hydrogen) atoms. The Morgan fingerprint density at radius 3 is 2.60 bits per heavy atom. The van der Waals surface area contributed by atoms with Crippen LogP contribution in [0.1, 0.15) is 48.4 Å². The van der Waals surface area contributed by atoms with Gasteiger partial charge in [0.25, 0.3) is 0 Å². The van der Waals surface area contributed by atoms with Gasteiger partial charge in [0.05, 0.1) is 0 Å². The fraction of sp³-hybridized carbons (Fsp3) is 0.500. The number of fused-ring (bicyclic) bond motifs is 1. The molecule has 2 unspecified atom stereocenters. The first-order chi connectivity index (χ1) is 7.02. The molecule has 0 amide bonds. The van der Waals surface area contributed by atoms with Gasteiger partial charge in [0.1, 0.15) is 11.6 Å². The molecule has 0 aliphatic heterocycles. The lowest BCUT2D eigenvalue weighted by Crippen LogP contribution is -2.23. The molecule has 1 aliphatic carbocycles. The van der Waals surface area contributed by atoms with Crippen molar-refractivity contribution in [2.45, 2.75) is 38.6 Å². The van der Waals surface area contributed by atoms with E-state index in [-0.39, 0.29) is 23.6 Å². The maximum Gasteiger partial charge on any atom is 0.131 e. The van der Waals surface area contributed by atoms with Gasteiger partial charge in [-0.05, 0) is 42.9 Å². The van der Waals surface area contributed by atoms with E-state index >= 15 is 0 Å². The van der Waals surface area contributed by atoms with Gasteiger partial charge in [-0.15, -0.1) is 0 Å². The van der Waals surface area contributed by atoms with Crippen LogP contribution < -0.4 is 5.73 Å². The van der Waals surface area contributed by atoms with E-state index in [9.17, 15) is 8.78 Å². The highest BCUT2D eigenvalue weighted by molar-refractivity contribution is 5.40. The van der Waals surface area contributed by atoms with Gasteiger partial charge in [0.15, 0.2) is 0 Å². The standard InChI is InChI=1S/C12H15F2N/c1-6-3-4-9(15)11-10(6)8(13)5-7(2)12(11)14/h5-6,9H,3-4,15H2,1-2H3. The van der Waals surface area contributed by atoms with Crippen LogP contribution in [0.4, 0.5) is 8.78 Å². The predicted molar refractivity (Wildman–Crippen MR) is 55.7 cm³/mol. The highest BCUT2D eigenvalue weighted by Crippen LogP contribution is 2.39. The Morgan fingerprint density at radius 2 is 1.93 bits per heavy atom. The second-order valence-corrected chi connectivity index (χ2v) is 4.40. The molecular weight excluding hydrogens is 196 g/mol. The Hall–Kier alpha value is -0.960. The highest BCUT2D eigenvalue weighted by atomic mass is 19.1. The van der Waals surface area contributed by atoms with Gasteiger partial charge in [-0.25, -0.2) is 8.78 Å².